The summed E-state index contributed by atoms with van der Waals surface area (Å²) in [6.07, 6.45) is 2.27. The Morgan fingerprint density at radius 3 is 3.07 bits per heavy atom. The maximum absolute atomic E-state index is 11.1. The minimum Gasteiger partial charge on any atom is -0.465 e. The van der Waals surface area contributed by atoms with Gasteiger partial charge in [-0.3, -0.25) is 4.79 Å². The standard InChI is InChI=1S/C10H19NO4/c1-2-14-10(12)9(11)7-13-6-8-4-3-5-15-8/h8-9H,2-7,11H2,1H3. The van der Waals surface area contributed by atoms with Gasteiger partial charge in [-0.1, -0.05) is 0 Å². The Hall–Kier alpha value is -0.650. The Bertz CT molecular complexity index is 192. The smallest absolute Gasteiger partial charge is 0.325 e. The number of hydrogen-bond donors (Lipinski definition) is 1. The molecule has 1 aliphatic rings. The van der Waals surface area contributed by atoms with Crippen molar-refractivity contribution in [3.63, 3.8) is 0 Å². The maximum Gasteiger partial charge on any atom is 0.325 e. The largest absolute Gasteiger partial charge is 0.465 e. The molecule has 1 aliphatic heterocycles. The number of esters is 1. The zero-order valence-corrected chi connectivity index (χ0v) is 9.11. The van der Waals surface area contributed by atoms with Gasteiger partial charge in [0.25, 0.3) is 0 Å². The van der Waals surface area contributed by atoms with Crippen molar-refractivity contribution in [3.05, 3.63) is 0 Å². The predicted octanol–water partition coefficient (Wildman–Crippen LogP) is 0.0724. The number of hydrogen-bond acceptors (Lipinski definition) is 5. The van der Waals surface area contributed by atoms with Crippen molar-refractivity contribution >= 4 is 5.97 Å². The summed E-state index contributed by atoms with van der Waals surface area (Å²) in [4.78, 5) is 11.1. The Balaban J connectivity index is 2.05. The molecule has 2 atom stereocenters. The monoisotopic (exact) mass is 217 g/mol. The lowest BCUT2D eigenvalue weighted by molar-refractivity contribution is -0.146. The van der Waals surface area contributed by atoms with Crippen LogP contribution in [-0.4, -0.2) is 44.5 Å². The number of ether oxygens (including phenoxy) is 3. The summed E-state index contributed by atoms with van der Waals surface area (Å²) >= 11 is 0. The van der Waals surface area contributed by atoms with Gasteiger partial charge in [0.1, 0.15) is 6.04 Å². The zero-order valence-electron chi connectivity index (χ0n) is 9.11. The minimum absolute atomic E-state index is 0.166. The molecule has 1 saturated heterocycles. The molecule has 5 nitrogen and oxygen atoms in total. The molecule has 2 unspecified atom stereocenters. The highest BCUT2D eigenvalue weighted by atomic mass is 16.5. The van der Waals surface area contributed by atoms with Crippen LogP contribution in [0.4, 0.5) is 0 Å². The fourth-order valence-corrected chi connectivity index (χ4v) is 1.42. The predicted molar refractivity (Wildman–Crippen MR) is 54.4 cm³/mol. The summed E-state index contributed by atoms with van der Waals surface area (Å²) in [5.41, 5.74) is 5.55. The van der Waals surface area contributed by atoms with E-state index in [2.05, 4.69) is 0 Å². The van der Waals surface area contributed by atoms with Crippen molar-refractivity contribution in [2.24, 2.45) is 5.73 Å². The summed E-state index contributed by atoms with van der Waals surface area (Å²) in [5.74, 6) is -0.412. The van der Waals surface area contributed by atoms with Gasteiger partial charge in [-0.05, 0) is 19.8 Å². The molecule has 0 spiro atoms. The normalized spacial score (nSPS) is 22.7. The van der Waals surface area contributed by atoms with Crippen LogP contribution >= 0.6 is 0 Å². The van der Waals surface area contributed by atoms with Crippen LogP contribution in [0.3, 0.4) is 0 Å². The Morgan fingerprint density at radius 2 is 2.47 bits per heavy atom. The van der Waals surface area contributed by atoms with E-state index in [1.807, 2.05) is 0 Å². The first kappa shape index (κ1) is 12.4. The Kier molecular flexibility index (Phi) is 5.60. The molecule has 1 heterocycles. The van der Waals surface area contributed by atoms with Crippen LogP contribution in [0, 0.1) is 0 Å². The molecule has 2 N–H and O–H groups in total. The van der Waals surface area contributed by atoms with Gasteiger partial charge < -0.3 is 19.9 Å². The summed E-state index contributed by atoms with van der Waals surface area (Å²) in [7, 11) is 0. The average Bonchev–Trinajstić information content (AvgIpc) is 2.71. The van der Waals surface area contributed by atoms with E-state index in [4.69, 9.17) is 19.9 Å². The van der Waals surface area contributed by atoms with Crippen molar-refractivity contribution in [2.75, 3.05) is 26.4 Å². The van der Waals surface area contributed by atoms with E-state index in [0.29, 0.717) is 13.2 Å². The van der Waals surface area contributed by atoms with E-state index in [1.165, 1.54) is 0 Å². The molecule has 0 aromatic carbocycles. The quantitative estimate of drug-likeness (QED) is 0.638. The van der Waals surface area contributed by atoms with Gasteiger partial charge in [-0.25, -0.2) is 0 Å². The molecule has 0 radical (unpaired) electrons. The molecular formula is C10H19NO4. The molecule has 1 rings (SSSR count). The second-order valence-corrected chi connectivity index (χ2v) is 3.53. The van der Waals surface area contributed by atoms with Gasteiger partial charge in [0.05, 0.1) is 25.9 Å². The summed E-state index contributed by atoms with van der Waals surface area (Å²) in [6.45, 7) is 3.60. The SMILES string of the molecule is CCOC(=O)C(N)COCC1CCCO1. The third-order valence-corrected chi connectivity index (χ3v) is 2.21. The van der Waals surface area contributed by atoms with Crippen molar-refractivity contribution in [1.82, 2.24) is 0 Å². The van der Waals surface area contributed by atoms with Crippen LogP contribution in [-0.2, 0) is 19.0 Å². The fourth-order valence-electron chi connectivity index (χ4n) is 1.42. The van der Waals surface area contributed by atoms with Crippen LogP contribution in [0.15, 0.2) is 0 Å². The molecule has 0 bridgehead atoms. The molecule has 88 valence electrons. The molecule has 5 heteroatoms. The van der Waals surface area contributed by atoms with E-state index in [1.54, 1.807) is 6.92 Å². The van der Waals surface area contributed by atoms with Crippen molar-refractivity contribution in [1.29, 1.82) is 0 Å². The topological polar surface area (TPSA) is 70.8 Å². The van der Waals surface area contributed by atoms with E-state index in [-0.39, 0.29) is 12.7 Å². The van der Waals surface area contributed by atoms with E-state index in [9.17, 15) is 4.79 Å². The summed E-state index contributed by atoms with van der Waals surface area (Å²) in [5, 5.41) is 0. The molecular weight excluding hydrogens is 198 g/mol. The van der Waals surface area contributed by atoms with Crippen LogP contribution in [0.2, 0.25) is 0 Å². The molecule has 15 heavy (non-hydrogen) atoms. The first-order valence-corrected chi connectivity index (χ1v) is 5.35. The van der Waals surface area contributed by atoms with Crippen LogP contribution < -0.4 is 5.73 Å². The number of carbonyl (C=O) groups is 1. The molecule has 0 aliphatic carbocycles. The lowest BCUT2D eigenvalue weighted by Crippen LogP contribution is -2.37. The van der Waals surface area contributed by atoms with Gasteiger partial charge in [-0.2, -0.15) is 0 Å². The van der Waals surface area contributed by atoms with Gasteiger partial charge in [0.15, 0.2) is 0 Å². The van der Waals surface area contributed by atoms with Crippen LogP contribution in [0.1, 0.15) is 19.8 Å². The highest BCUT2D eigenvalue weighted by Gasteiger charge is 2.18. The van der Waals surface area contributed by atoms with Gasteiger partial charge in [0.2, 0.25) is 0 Å². The van der Waals surface area contributed by atoms with Gasteiger partial charge >= 0.3 is 5.97 Å². The van der Waals surface area contributed by atoms with Crippen LogP contribution in [0.25, 0.3) is 0 Å². The highest BCUT2D eigenvalue weighted by molar-refractivity contribution is 5.75. The van der Waals surface area contributed by atoms with Crippen molar-refractivity contribution in [3.8, 4) is 0 Å². The molecule has 1 fully saturated rings. The Labute approximate surface area is 89.9 Å². The second-order valence-electron chi connectivity index (χ2n) is 3.53. The molecule has 0 amide bonds. The third kappa shape index (κ3) is 4.59. The fraction of sp³-hybridized carbons (Fsp3) is 0.900. The van der Waals surface area contributed by atoms with E-state index < -0.39 is 12.0 Å². The zero-order chi connectivity index (χ0) is 11.1. The first-order chi connectivity index (χ1) is 7.24. The highest BCUT2D eigenvalue weighted by Crippen LogP contribution is 2.11. The summed E-state index contributed by atoms with van der Waals surface area (Å²) < 4.78 is 15.4. The molecule has 0 saturated carbocycles. The number of nitrogens with two attached hydrogens (primary N) is 1. The van der Waals surface area contributed by atoms with Gasteiger partial charge in [-0.15, -0.1) is 0 Å². The third-order valence-electron chi connectivity index (χ3n) is 2.21. The van der Waals surface area contributed by atoms with Gasteiger partial charge in [0, 0.05) is 6.61 Å². The maximum atomic E-state index is 11.1. The van der Waals surface area contributed by atoms with E-state index in [0.717, 1.165) is 19.4 Å². The van der Waals surface area contributed by atoms with Crippen molar-refractivity contribution < 1.29 is 19.0 Å². The molecule has 0 aromatic rings. The second kappa shape index (κ2) is 6.76. The molecule has 0 aromatic heterocycles. The van der Waals surface area contributed by atoms with E-state index >= 15 is 0 Å². The average molecular weight is 217 g/mol. The number of rotatable bonds is 6. The Morgan fingerprint density at radius 1 is 1.67 bits per heavy atom. The number of carbonyl (C=O) groups excluding carboxylic acids is 1. The lowest BCUT2D eigenvalue weighted by Gasteiger charge is -2.13. The minimum atomic E-state index is -0.689. The summed E-state index contributed by atoms with van der Waals surface area (Å²) in [6, 6.07) is -0.689. The van der Waals surface area contributed by atoms with Crippen LogP contribution in [0.5, 0.6) is 0 Å². The van der Waals surface area contributed by atoms with Crippen molar-refractivity contribution in [2.45, 2.75) is 31.9 Å². The lowest BCUT2D eigenvalue weighted by atomic mass is 10.2. The first-order valence-electron chi connectivity index (χ1n) is 5.35.